The van der Waals surface area contributed by atoms with Gasteiger partial charge in [0, 0.05) is 21.3 Å². The topological polar surface area (TPSA) is 54.0 Å². The number of hydrogen-bond acceptors (Lipinski definition) is 5. The van der Waals surface area contributed by atoms with Crippen molar-refractivity contribution >= 4 is 14.8 Å². The minimum absolute atomic E-state index is 0.390. The number of hydrogen-bond donors (Lipinski definition) is 0. The molecule has 1 aromatic carbocycles. The predicted molar refractivity (Wildman–Crippen MR) is 63.5 cm³/mol. The van der Waals surface area contributed by atoms with Crippen LogP contribution in [0.4, 0.5) is 22.0 Å². The smallest absolute Gasteiger partial charge is 0.394 e. The van der Waals surface area contributed by atoms with Crippen molar-refractivity contribution in [2.24, 2.45) is 0 Å². The molecule has 0 saturated heterocycles. The molecule has 0 aliphatic carbocycles. The van der Waals surface area contributed by atoms with Gasteiger partial charge in [-0.05, 0) is 12.1 Å². The van der Waals surface area contributed by atoms with Gasteiger partial charge in [-0.3, -0.25) is 0 Å². The third kappa shape index (κ3) is 3.11. The molecule has 0 bridgehead atoms. The molecule has 0 atom stereocenters. The molecule has 124 valence electrons. The van der Waals surface area contributed by atoms with Crippen molar-refractivity contribution < 1.29 is 44.8 Å². The molecular formula is C11H11F5O5Si. The lowest BCUT2D eigenvalue weighted by atomic mass is 10.2. The summed E-state index contributed by atoms with van der Waals surface area (Å²) in [4.78, 5) is 11.6. The summed E-state index contributed by atoms with van der Waals surface area (Å²) in [6, 6.07) is 0.850. The summed E-state index contributed by atoms with van der Waals surface area (Å²) < 4.78 is 84.2. The molecule has 0 radical (unpaired) electrons. The maximum absolute atomic E-state index is 13.9. The molecule has 1 rings (SSSR count). The van der Waals surface area contributed by atoms with Crippen LogP contribution in [-0.4, -0.2) is 41.8 Å². The number of rotatable bonds is 6. The van der Waals surface area contributed by atoms with Crippen LogP contribution in [0.3, 0.4) is 0 Å². The van der Waals surface area contributed by atoms with Crippen molar-refractivity contribution in [3.8, 4) is 0 Å². The van der Waals surface area contributed by atoms with Gasteiger partial charge in [-0.25, -0.2) is 18.0 Å². The fraction of sp³-hybridized carbons (Fsp3) is 0.364. The first kappa shape index (κ1) is 18.5. The van der Waals surface area contributed by atoms with Crippen LogP contribution in [0.2, 0.25) is 0 Å². The van der Waals surface area contributed by atoms with E-state index in [1.807, 2.05) is 0 Å². The van der Waals surface area contributed by atoms with Crippen molar-refractivity contribution in [2.75, 3.05) is 21.3 Å². The second-order valence-corrected chi connectivity index (χ2v) is 6.72. The fourth-order valence-electron chi connectivity index (χ4n) is 1.52. The Labute approximate surface area is 122 Å². The Morgan fingerprint density at radius 3 is 1.95 bits per heavy atom. The van der Waals surface area contributed by atoms with Crippen LogP contribution in [0.5, 0.6) is 0 Å². The van der Waals surface area contributed by atoms with E-state index >= 15 is 0 Å². The molecule has 0 amide bonds. The molecule has 0 aromatic heterocycles. The first-order chi connectivity index (χ1) is 10.2. The molecule has 0 fully saturated rings. The van der Waals surface area contributed by atoms with E-state index in [4.69, 9.17) is 0 Å². The summed E-state index contributed by atoms with van der Waals surface area (Å²) in [5, 5.41) is 0. The second kappa shape index (κ2) is 6.69. The Morgan fingerprint density at radius 2 is 1.50 bits per heavy atom. The van der Waals surface area contributed by atoms with Gasteiger partial charge < -0.3 is 18.0 Å². The zero-order valence-electron chi connectivity index (χ0n) is 11.6. The minimum atomic E-state index is -4.75. The van der Waals surface area contributed by atoms with Crippen LogP contribution in [0.15, 0.2) is 12.1 Å². The van der Waals surface area contributed by atoms with Crippen LogP contribution in [0, 0.1) is 17.5 Å². The predicted octanol–water partition coefficient (Wildman–Crippen LogP) is 2.27. The maximum Gasteiger partial charge on any atom is 0.627 e. The quantitative estimate of drug-likeness (QED) is 0.342. The molecule has 1 aromatic rings. The summed E-state index contributed by atoms with van der Waals surface area (Å²) >= 11 is 0. The number of esters is 1. The highest BCUT2D eigenvalue weighted by molar-refractivity contribution is 6.63. The summed E-state index contributed by atoms with van der Waals surface area (Å²) in [6.45, 7) is 0. The molecule has 0 spiro atoms. The average Bonchev–Trinajstić information content (AvgIpc) is 2.46. The number of carbonyl (C=O) groups is 1. The number of alkyl halides is 2. The molecule has 0 saturated carbocycles. The lowest BCUT2D eigenvalue weighted by Crippen LogP contribution is -2.61. The van der Waals surface area contributed by atoms with E-state index in [1.54, 1.807) is 0 Å². The zero-order chi connectivity index (χ0) is 17.1. The molecule has 0 aliphatic heterocycles. The van der Waals surface area contributed by atoms with Crippen LogP contribution in [0.25, 0.3) is 0 Å². The summed E-state index contributed by atoms with van der Waals surface area (Å²) in [5.41, 5.74) is -5.61. The second-order valence-electron chi connectivity index (χ2n) is 3.80. The third-order valence-electron chi connectivity index (χ3n) is 2.64. The van der Waals surface area contributed by atoms with Crippen molar-refractivity contribution in [2.45, 2.75) is 5.73 Å². The molecule has 11 heteroatoms. The molecule has 0 aliphatic rings. The van der Waals surface area contributed by atoms with Crippen LogP contribution >= 0.6 is 0 Å². The molecule has 0 unspecified atom stereocenters. The lowest BCUT2D eigenvalue weighted by Gasteiger charge is -2.30. The number of carbonyl (C=O) groups excluding carboxylic acids is 1. The van der Waals surface area contributed by atoms with Gasteiger partial charge in [0.25, 0.3) is 0 Å². The summed E-state index contributed by atoms with van der Waals surface area (Å²) in [5.74, 6) is -7.48. The van der Waals surface area contributed by atoms with Gasteiger partial charge in [0.1, 0.15) is 0 Å². The van der Waals surface area contributed by atoms with Crippen LogP contribution in [0.1, 0.15) is 10.4 Å². The average molecular weight is 346 g/mol. The Hall–Kier alpha value is -1.56. The Morgan fingerprint density at radius 1 is 1.00 bits per heavy atom. The van der Waals surface area contributed by atoms with E-state index in [9.17, 15) is 26.7 Å². The van der Waals surface area contributed by atoms with E-state index in [-0.39, 0.29) is 0 Å². The Kier molecular flexibility index (Phi) is 5.62. The van der Waals surface area contributed by atoms with Gasteiger partial charge in [0.05, 0.1) is 5.56 Å². The SMILES string of the molecule is CO[Si](OC)(OC)C(F)(F)OC(=O)c1ccc(F)c(F)c1F. The van der Waals surface area contributed by atoms with Crippen molar-refractivity contribution in [3.63, 3.8) is 0 Å². The first-order valence-electron chi connectivity index (χ1n) is 5.56. The monoisotopic (exact) mass is 346 g/mol. The van der Waals surface area contributed by atoms with E-state index in [2.05, 4.69) is 18.0 Å². The highest BCUT2D eigenvalue weighted by Crippen LogP contribution is 2.31. The van der Waals surface area contributed by atoms with Crippen molar-refractivity contribution in [3.05, 3.63) is 35.1 Å². The van der Waals surface area contributed by atoms with Crippen LogP contribution in [-0.2, 0) is 18.0 Å². The minimum Gasteiger partial charge on any atom is -0.394 e. The molecule has 22 heavy (non-hydrogen) atoms. The van der Waals surface area contributed by atoms with E-state index in [1.165, 1.54) is 0 Å². The molecule has 0 N–H and O–H groups in total. The largest absolute Gasteiger partial charge is 0.627 e. The number of benzene rings is 1. The summed E-state index contributed by atoms with van der Waals surface area (Å²) in [6.07, 6.45) is 0. The first-order valence-corrected chi connectivity index (χ1v) is 7.28. The maximum atomic E-state index is 13.9. The zero-order valence-corrected chi connectivity index (χ0v) is 12.6. The summed E-state index contributed by atoms with van der Waals surface area (Å²) in [7, 11) is -2.25. The fourth-order valence-corrected chi connectivity index (χ4v) is 2.95. The van der Waals surface area contributed by atoms with Gasteiger partial charge in [-0.15, -0.1) is 0 Å². The normalized spacial score (nSPS) is 12.4. The molecule has 5 nitrogen and oxygen atoms in total. The van der Waals surface area contributed by atoms with Crippen molar-refractivity contribution in [1.29, 1.82) is 0 Å². The van der Waals surface area contributed by atoms with E-state index < -0.39 is 43.5 Å². The van der Waals surface area contributed by atoms with E-state index in [0.29, 0.717) is 12.1 Å². The Balaban J connectivity index is 3.13. The molecular weight excluding hydrogens is 335 g/mol. The highest BCUT2D eigenvalue weighted by Gasteiger charge is 2.68. The third-order valence-corrected chi connectivity index (χ3v) is 5.07. The van der Waals surface area contributed by atoms with Crippen LogP contribution < -0.4 is 0 Å². The lowest BCUT2D eigenvalue weighted by molar-refractivity contribution is -0.184. The van der Waals surface area contributed by atoms with Gasteiger partial charge in [0.2, 0.25) is 0 Å². The highest BCUT2D eigenvalue weighted by atomic mass is 28.4. The van der Waals surface area contributed by atoms with E-state index in [0.717, 1.165) is 21.3 Å². The number of ether oxygens (including phenoxy) is 1. The van der Waals surface area contributed by atoms with Gasteiger partial charge in [0.15, 0.2) is 17.5 Å². The van der Waals surface area contributed by atoms with Gasteiger partial charge in [-0.2, -0.15) is 8.78 Å². The number of halogens is 5. The van der Waals surface area contributed by atoms with Gasteiger partial charge in [-0.1, -0.05) is 0 Å². The molecule has 0 heterocycles. The van der Waals surface area contributed by atoms with Crippen molar-refractivity contribution in [1.82, 2.24) is 0 Å². The standard InChI is InChI=1S/C11H11F5O5Si/c1-18-22(19-2,20-3)11(15,16)21-10(17)6-4-5-7(12)9(14)8(6)13/h4-5H,1-3H3. The Bertz CT molecular complexity index is 556. The van der Waals surface area contributed by atoms with Gasteiger partial charge >= 0.3 is 20.5 Å².